The van der Waals surface area contributed by atoms with Gasteiger partial charge < -0.3 is 4.74 Å². The Kier molecular flexibility index (Phi) is 2.92. The van der Waals surface area contributed by atoms with Crippen LogP contribution in [0.25, 0.3) is 0 Å². The van der Waals surface area contributed by atoms with Crippen molar-refractivity contribution < 1.29 is 9.53 Å². The summed E-state index contributed by atoms with van der Waals surface area (Å²) in [5, 5.41) is 0. The van der Waals surface area contributed by atoms with Gasteiger partial charge in [0.15, 0.2) is 0 Å². The number of para-hydroxylation sites is 2. The number of carbonyl (C=O) groups is 1. The molecule has 0 bridgehead atoms. The van der Waals surface area contributed by atoms with E-state index in [9.17, 15) is 4.79 Å². The second-order valence-electron chi connectivity index (χ2n) is 3.98. The number of rotatable bonds is 1. The minimum absolute atomic E-state index is 0.0146. The summed E-state index contributed by atoms with van der Waals surface area (Å²) in [7, 11) is 0. The molecular weight excluding hydrogens is 222 g/mol. The summed E-state index contributed by atoms with van der Waals surface area (Å²) in [5.74, 6) is 0.648. The van der Waals surface area contributed by atoms with E-state index in [0.29, 0.717) is 17.3 Å². The Morgan fingerprint density at radius 1 is 1.44 bits per heavy atom. The van der Waals surface area contributed by atoms with E-state index < -0.39 is 0 Å². The maximum Gasteiger partial charge on any atom is 0.234 e. The summed E-state index contributed by atoms with van der Waals surface area (Å²) in [4.78, 5) is 14.2. The van der Waals surface area contributed by atoms with Crippen molar-refractivity contribution in [3.63, 3.8) is 0 Å². The zero-order chi connectivity index (χ0) is 11.7. The van der Waals surface area contributed by atoms with Crippen LogP contribution in [0.5, 0.6) is 5.75 Å². The third kappa shape index (κ3) is 1.80. The molecule has 0 radical (unpaired) electrons. The highest BCUT2D eigenvalue weighted by molar-refractivity contribution is 7.80. The SMILES string of the molecule is CC(C)C(=O)N1C(=S)COc2ccccc21. The Morgan fingerprint density at radius 3 is 2.81 bits per heavy atom. The molecule has 3 nitrogen and oxygen atoms in total. The van der Waals surface area contributed by atoms with Gasteiger partial charge in [-0.25, -0.2) is 0 Å². The van der Waals surface area contributed by atoms with Crippen LogP contribution in [0.3, 0.4) is 0 Å². The van der Waals surface area contributed by atoms with E-state index in [0.717, 1.165) is 5.69 Å². The van der Waals surface area contributed by atoms with Crippen LogP contribution in [0, 0.1) is 5.92 Å². The van der Waals surface area contributed by atoms with Gasteiger partial charge in [-0.05, 0) is 12.1 Å². The Morgan fingerprint density at radius 2 is 2.12 bits per heavy atom. The molecule has 1 heterocycles. The predicted octanol–water partition coefficient (Wildman–Crippen LogP) is 2.40. The molecular formula is C12H13NO2S. The number of amides is 1. The van der Waals surface area contributed by atoms with Gasteiger partial charge in [0.2, 0.25) is 5.91 Å². The van der Waals surface area contributed by atoms with Gasteiger partial charge in [-0.2, -0.15) is 0 Å². The van der Waals surface area contributed by atoms with Crippen LogP contribution in [0.2, 0.25) is 0 Å². The summed E-state index contributed by atoms with van der Waals surface area (Å²) in [6.07, 6.45) is 0. The lowest BCUT2D eigenvalue weighted by Gasteiger charge is -2.31. The highest BCUT2D eigenvalue weighted by atomic mass is 32.1. The van der Waals surface area contributed by atoms with Crippen molar-refractivity contribution in [1.82, 2.24) is 0 Å². The summed E-state index contributed by atoms with van der Waals surface area (Å²) < 4.78 is 5.46. The molecule has 2 rings (SSSR count). The number of benzene rings is 1. The lowest BCUT2D eigenvalue weighted by Crippen LogP contribution is -2.43. The van der Waals surface area contributed by atoms with Crippen LogP contribution in [-0.4, -0.2) is 17.5 Å². The Hall–Kier alpha value is -1.42. The second kappa shape index (κ2) is 4.22. The quantitative estimate of drug-likeness (QED) is 0.700. The van der Waals surface area contributed by atoms with Crippen LogP contribution in [0.15, 0.2) is 24.3 Å². The predicted molar refractivity (Wildman–Crippen MR) is 66.9 cm³/mol. The maximum absolute atomic E-state index is 12.1. The normalized spacial score (nSPS) is 14.7. The maximum atomic E-state index is 12.1. The standard InChI is InChI=1S/C12H13NO2S/c1-8(2)12(14)13-9-5-3-4-6-10(9)15-7-11(13)16/h3-6,8H,7H2,1-2H3. The number of thiocarbonyl (C=S) groups is 1. The van der Waals surface area contributed by atoms with E-state index in [-0.39, 0.29) is 11.8 Å². The molecule has 0 aromatic heterocycles. The van der Waals surface area contributed by atoms with Crippen molar-refractivity contribution in [1.29, 1.82) is 0 Å². The number of nitrogens with zero attached hydrogens (tertiary/aromatic N) is 1. The lowest BCUT2D eigenvalue weighted by atomic mass is 10.1. The highest BCUT2D eigenvalue weighted by Gasteiger charge is 2.28. The molecule has 1 aromatic carbocycles. The minimum atomic E-state index is -0.0795. The molecule has 0 saturated heterocycles. The fraction of sp³-hybridized carbons (Fsp3) is 0.333. The average molecular weight is 235 g/mol. The number of carbonyl (C=O) groups excluding carboxylic acids is 1. The summed E-state index contributed by atoms with van der Waals surface area (Å²) in [6, 6.07) is 7.45. The summed E-state index contributed by atoms with van der Waals surface area (Å²) in [6.45, 7) is 4.02. The molecule has 1 aliphatic rings. The van der Waals surface area contributed by atoms with Gasteiger partial charge in [0.25, 0.3) is 0 Å². The van der Waals surface area contributed by atoms with E-state index in [4.69, 9.17) is 17.0 Å². The fourth-order valence-corrected chi connectivity index (χ4v) is 1.85. The molecule has 0 atom stereocenters. The zero-order valence-corrected chi connectivity index (χ0v) is 10.1. The number of hydrogen-bond donors (Lipinski definition) is 0. The van der Waals surface area contributed by atoms with Crippen LogP contribution in [-0.2, 0) is 4.79 Å². The van der Waals surface area contributed by atoms with E-state index >= 15 is 0 Å². The van der Waals surface area contributed by atoms with E-state index in [2.05, 4.69) is 0 Å². The summed E-state index contributed by atoms with van der Waals surface area (Å²) in [5.41, 5.74) is 0.748. The van der Waals surface area contributed by atoms with E-state index in [1.165, 1.54) is 0 Å². The Bertz CT molecular complexity index is 442. The second-order valence-corrected chi connectivity index (χ2v) is 4.45. The third-order valence-corrected chi connectivity index (χ3v) is 2.72. The van der Waals surface area contributed by atoms with Gasteiger partial charge in [0.05, 0.1) is 5.69 Å². The van der Waals surface area contributed by atoms with Gasteiger partial charge in [-0.15, -0.1) is 0 Å². The first-order valence-corrected chi connectivity index (χ1v) is 5.60. The monoisotopic (exact) mass is 235 g/mol. The zero-order valence-electron chi connectivity index (χ0n) is 9.27. The molecule has 4 heteroatoms. The lowest BCUT2D eigenvalue weighted by molar-refractivity contribution is -0.120. The number of fused-ring (bicyclic) bond motifs is 1. The number of anilines is 1. The van der Waals surface area contributed by atoms with Crippen LogP contribution >= 0.6 is 12.2 Å². The molecule has 1 amide bonds. The molecule has 16 heavy (non-hydrogen) atoms. The van der Waals surface area contributed by atoms with E-state index in [1.54, 1.807) is 4.90 Å². The number of ether oxygens (including phenoxy) is 1. The molecule has 0 aliphatic carbocycles. The number of hydrogen-bond acceptors (Lipinski definition) is 3. The molecule has 0 N–H and O–H groups in total. The first-order chi connectivity index (χ1) is 7.61. The first kappa shape index (κ1) is 11.1. The Balaban J connectivity index is 2.45. The van der Waals surface area contributed by atoms with Gasteiger partial charge in [-0.3, -0.25) is 9.69 Å². The molecule has 0 spiro atoms. The fourth-order valence-electron chi connectivity index (χ4n) is 1.60. The van der Waals surface area contributed by atoms with Crippen molar-refractivity contribution in [2.45, 2.75) is 13.8 Å². The van der Waals surface area contributed by atoms with Crippen LogP contribution < -0.4 is 9.64 Å². The van der Waals surface area contributed by atoms with Crippen molar-refractivity contribution in [3.05, 3.63) is 24.3 Å². The average Bonchev–Trinajstić information content (AvgIpc) is 2.28. The van der Waals surface area contributed by atoms with Crippen LogP contribution in [0.4, 0.5) is 5.69 Å². The molecule has 0 fully saturated rings. The van der Waals surface area contributed by atoms with Gasteiger partial charge in [-0.1, -0.05) is 38.2 Å². The minimum Gasteiger partial charge on any atom is -0.484 e. The third-order valence-electron chi connectivity index (χ3n) is 2.42. The van der Waals surface area contributed by atoms with Crippen molar-refractivity contribution >= 4 is 28.8 Å². The topological polar surface area (TPSA) is 29.5 Å². The highest BCUT2D eigenvalue weighted by Crippen LogP contribution is 2.32. The van der Waals surface area contributed by atoms with Crippen molar-refractivity contribution in [3.8, 4) is 5.75 Å². The Labute approximate surface area is 100 Å². The van der Waals surface area contributed by atoms with E-state index in [1.807, 2.05) is 38.1 Å². The van der Waals surface area contributed by atoms with Gasteiger partial charge in [0.1, 0.15) is 17.3 Å². The molecule has 1 aromatic rings. The first-order valence-electron chi connectivity index (χ1n) is 5.20. The largest absolute Gasteiger partial charge is 0.484 e. The molecule has 0 unspecified atom stereocenters. The smallest absolute Gasteiger partial charge is 0.234 e. The van der Waals surface area contributed by atoms with Crippen molar-refractivity contribution in [2.75, 3.05) is 11.5 Å². The molecule has 0 saturated carbocycles. The van der Waals surface area contributed by atoms with Gasteiger partial charge in [0, 0.05) is 5.92 Å². The molecule has 1 aliphatic heterocycles. The van der Waals surface area contributed by atoms with Crippen molar-refractivity contribution in [2.24, 2.45) is 5.92 Å². The van der Waals surface area contributed by atoms with Crippen LogP contribution in [0.1, 0.15) is 13.8 Å². The summed E-state index contributed by atoms with van der Waals surface area (Å²) >= 11 is 5.18. The molecule has 84 valence electrons. The van der Waals surface area contributed by atoms with Gasteiger partial charge >= 0.3 is 0 Å².